The third-order valence-electron chi connectivity index (χ3n) is 2.33. The average molecular weight is 207 g/mol. The Morgan fingerprint density at radius 1 is 1.60 bits per heavy atom. The van der Waals surface area contributed by atoms with Gasteiger partial charge in [-0.3, -0.25) is 9.69 Å². The van der Waals surface area contributed by atoms with Crippen LogP contribution in [0.2, 0.25) is 0 Å². The molecule has 0 bridgehead atoms. The van der Waals surface area contributed by atoms with E-state index in [4.69, 9.17) is 5.73 Å². The molecule has 4 heteroatoms. The third kappa shape index (κ3) is 3.32. The summed E-state index contributed by atoms with van der Waals surface area (Å²) in [6.07, 6.45) is 2.84. The number of hydrogen-bond acceptors (Lipinski definition) is 3. The quantitative estimate of drug-likeness (QED) is 0.806. The Kier molecular flexibility index (Phi) is 4.24. The number of amides is 1. The molecular formula is C11H17N3O. The van der Waals surface area contributed by atoms with E-state index in [0.717, 1.165) is 6.42 Å². The van der Waals surface area contributed by atoms with Crippen LogP contribution < -0.4 is 10.6 Å². The maximum absolute atomic E-state index is 11.7. The van der Waals surface area contributed by atoms with Gasteiger partial charge in [0.15, 0.2) is 0 Å². The molecule has 1 amide bonds. The summed E-state index contributed by atoms with van der Waals surface area (Å²) in [4.78, 5) is 17.4. The minimum Gasteiger partial charge on any atom is -0.327 e. The van der Waals surface area contributed by atoms with E-state index in [1.165, 1.54) is 4.90 Å². The SMILES string of the molecule is CCC(N)CC(=O)N(C)c1ccccn1. The van der Waals surface area contributed by atoms with Crippen molar-refractivity contribution in [2.24, 2.45) is 5.73 Å². The molecule has 0 saturated carbocycles. The second-order valence-corrected chi connectivity index (χ2v) is 3.51. The topological polar surface area (TPSA) is 59.2 Å². The Bertz CT molecular complexity index is 313. The summed E-state index contributed by atoms with van der Waals surface area (Å²) >= 11 is 0. The molecule has 1 rings (SSSR count). The molecule has 2 N–H and O–H groups in total. The van der Waals surface area contributed by atoms with Gasteiger partial charge in [-0.25, -0.2) is 4.98 Å². The van der Waals surface area contributed by atoms with Crippen molar-refractivity contribution in [2.45, 2.75) is 25.8 Å². The lowest BCUT2D eigenvalue weighted by molar-refractivity contribution is -0.118. The van der Waals surface area contributed by atoms with Crippen LogP contribution in [0.25, 0.3) is 0 Å². The number of carbonyl (C=O) groups excluding carboxylic acids is 1. The second kappa shape index (κ2) is 5.46. The number of rotatable bonds is 4. The van der Waals surface area contributed by atoms with Crippen LogP contribution in [0.5, 0.6) is 0 Å². The number of nitrogens with zero attached hydrogens (tertiary/aromatic N) is 2. The number of hydrogen-bond donors (Lipinski definition) is 1. The summed E-state index contributed by atoms with van der Waals surface area (Å²) in [6, 6.07) is 5.41. The van der Waals surface area contributed by atoms with Crippen LogP contribution in [0.3, 0.4) is 0 Å². The number of anilines is 1. The molecule has 1 atom stereocenters. The highest BCUT2D eigenvalue weighted by atomic mass is 16.2. The van der Waals surface area contributed by atoms with Crippen LogP contribution in [-0.4, -0.2) is 24.0 Å². The molecule has 0 saturated heterocycles. The molecule has 1 aromatic heterocycles. The predicted molar refractivity (Wildman–Crippen MR) is 60.5 cm³/mol. The molecule has 0 aromatic carbocycles. The maximum atomic E-state index is 11.7. The summed E-state index contributed by atoms with van der Waals surface area (Å²) in [6.45, 7) is 1.97. The van der Waals surface area contributed by atoms with Crippen molar-refractivity contribution < 1.29 is 4.79 Å². The van der Waals surface area contributed by atoms with Gasteiger partial charge in [-0.15, -0.1) is 0 Å². The van der Waals surface area contributed by atoms with Gasteiger partial charge in [0.2, 0.25) is 5.91 Å². The van der Waals surface area contributed by atoms with Gasteiger partial charge in [0.1, 0.15) is 5.82 Å². The molecule has 1 heterocycles. The molecule has 82 valence electrons. The van der Waals surface area contributed by atoms with Gasteiger partial charge in [-0.05, 0) is 18.6 Å². The van der Waals surface area contributed by atoms with E-state index in [9.17, 15) is 4.79 Å². The van der Waals surface area contributed by atoms with Crippen molar-refractivity contribution in [3.05, 3.63) is 24.4 Å². The molecule has 4 nitrogen and oxygen atoms in total. The molecule has 0 radical (unpaired) electrons. The highest BCUT2D eigenvalue weighted by Gasteiger charge is 2.14. The Morgan fingerprint density at radius 2 is 2.33 bits per heavy atom. The van der Waals surface area contributed by atoms with Gasteiger partial charge in [-0.1, -0.05) is 13.0 Å². The lowest BCUT2D eigenvalue weighted by Gasteiger charge is -2.17. The van der Waals surface area contributed by atoms with Gasteiger partial charge in [0.05, 0.1) is 0 Å². The monoisotopic (exact) mass is 207 g/mol. The zero-order valence-electron chi connectivity index (χ0n) is 9.18. The van der Waals surface area contributed by atoms with Crippen molar-refractivity contribution in [3.8, 4) is 0 Å². The molecule has 1 unspecified atom stereocenters. The normalized spacial score (nSPS) is 12.2. The Hall–Kier alpha value is -1.42. The summed E-state index contributed by atoms with van der Waals surface area (Å²) in [5.74, 6) is 0.661. The van der Waals surface area contributed by atoms with Crippen LogP contribution in [0, 0.1) is 0 Å². The zero-order valence-corrected chi connectivity index (χ0v) is 9.18. The average Bonchev–Trinajstić information content (AvgIpc) is 2.29. The number of aromatic nitrogens is 1. The predicted octanol–water partition coefficient (Wildman–Crippen LogP) is 1.17. The molecule has 0 aliphatic carbocycles. The zero-order chi connectivity index (χ0) is 11.3. The third-order valence-corrected chi connectivity index (χ3v) is 2.33. The summed E-state index contributed by atoms with van der Waals surface area (Å²) in [7, 11) is 1.72. The molecule has 0 aliphatic heterocycles. The first kappa shape index (κ1) is 11.7. The van der Waals surface area contributed by atoms with Crippen molar-refractivity contribution in [2.75, 3.05) is 11.9 Å². The molecule has 1 aromatic rings. The summed E-state index contributed by atoms with van der Waals surface area (Å²) in [5.41, 5.74) is 5.72. The van der Waals surface area contributed by atoms with Gasteiger partial charge >= 0.3 is 0 Å². The molecule has 0 spiro atoms. The van der Waals surface area contributed by atoms with Gasteiger partial charge in [0, 0.05) is 25.7 Å². The maximum Gasteiger partial charge on any atom is 0.229 e. The number of pyridine rings is 1. The van der Waals surface area contributed by atoms with E-state index in [1.807, 2.05) is 19.1 Å². The van der Waals surface area contributed by atoms with Crippen LogP contribution in [0.4, 0.5) is 5.82 Å². The van der Waals surface area contributed by atoms with E-state index in [0.29, 0.717) is 12.2 Å². The van der Waals surface area contributed by atoms with Crippen molar-refractivity contribution in [1.82, 2.24) is 4.98 Å². The van der Waals surface area contributed by atoms with E-state index in [1.54, 1.807) is 19.3 Å². The van der Waals surface area contributed by atoms with E-state index in [-0.39, 0.29) is 11.9 Å². The van der Waals surface area contributed by atoms with Crippen molar-refractivity contribution >= 4 is 11.7 Å². The Balaban J connectivity index is 2.61. The minimum atomic E-state index is -0.0661. The lowest BCUT2D eigenvalue weighted by atomic mass is 10.1. The fraction of sp³-hybridized carbons (Fsp3) is 0.455. The van der Waals surface area contributed by atoms with Gasteiger partial charge in [0.25, 0.3) is 0 Å². The largest absolute Gasteiger partial charge is 0.327 e. The first-order chi connectivity index (χ1) is 7.15. The van der Waals surface area contributed by atoms with Crippen molar-refractivity contribution in [3.63, 3.8) is 0 Å². The fourth-order valence-electron chi connectivity index (χ4n) is 1.19. The highest BCUT2D eigenvalue weighted by Crippen LogP contribution is 2.09. The van der Waals surface area contributed by atoms with Gasteiger partial charge < -0.3 is 5.73 Å². The molecule has 15 heavy (non-hydrogen) atoms. The fourth-order valence-corrected chi connectivity index (χ4v) is 1.19. The van der Waals surface area contributed by atoms with Gasteiger partial charge in [-0.2, -0.15) is 0 Å². The summed E-state index contributed by atoms with van der Waals surface area (Å²) in [5, 5.41) is 0. The summed E-state index contributed by atoms with van der Waals surface area (Å²) < 4.78 is 0. The first-order valence-electron chi connectivity index (χ1n) is 5.08. The van der Waals surface area contributed by atoms with Crippen molar-refractivity contribution in [1.29, 1.82) is 0 Å². The van der Waals surface area contributed by atoms with E-state index >= 15 is 0 Å². The first-order valence-corrected chi connectivity index (χ1v) is 5.08. The lowest BCUT2D eigenvalue weighted by Crippen LogP contribution is -2.33. The minimum absolute atomic E-state index is 0.00282. The van der Waals surface area contributed by atoms with E-state index in [2.05, 4.69) is 4.98 Å². The molecule has 0 aliphatic rings. The smallest absolute Gasteiger partial charge is 0.229 e. The highest BCUT2D eigenvalue weighted by molar-refractivity contribution is 5.92. The Morgan fingerprint density at radius 3 is 2.87 bits per heavy atom. The second-order valence-electron chi connectivity index (χ2n) is 3.51. The van der Waals surface area contributed by atoms with Crippen LogP contribution in [0.15, 0.2) is 24.4 Å². The van der Waals surface area contributed by atoms with Crippen LogP contribution in [-0.2, 0) is 4.79 Å². The Labute approximate surface area is 90.1 Å². The number of nitrogens with two attached hydrogens (primary N) is 1. The van der Waals surface area contributed by atoms with Crippen LogP contribution >= 0.6 is 0 Å². The standard InChI is InChI=1S/C11H17N3O/c1-3-9(12)8-11(15)14(2)10-6-4-5-7-13-10/h4-7,9H,3,8,12H2,1-2H3. The molecular weight excluding hydrogens is 190 g/mol. The molecule has 0 fully saturated rings. The van der Waals surface area contributed by atoms with E-state index < -0.39 is 0 Å². The number of carbonyl (C=O) groups is 1. The van der Waals surface area contributed by atoms with Crippen LogP contribution in [0.1, 0.15) is 19.8 Å².